The minimum absolute atomic E-state index is 0. The Labute approximate surface area is 318 Å². The highest BCUT2D eigenvalue weighted by Gasteiger charge is 2.31. The average Bonchev–Trinajstić information content (AvgIpc) is 3.86. The van der Waals surface area contributed by atoms with Crippen molar-refractivity contribution >= 4 is 69.6 Å². The van der Waals surface area contributed by atoms with Gasteiger partial charge < -0.3 is 19.6 Å². The van der Waals surface area contributed by atoms with Crippen molar-refractivity contribution in [2.75, 3.05) is 62.2 Å². The largest absolute Gasteiger partial charge is 0.416 e. The number of rotatable bonds is 8. The molecule has 2 aromatic carbocycles. The van der Waals surface area contributed by atoms with Crippen LogP contribution in [0.25, 0.3) is 0 Å². The normalized spacial score (nSPS) is 14.9. The third kappa shape index (κ3) is 12.2. The van der Waals surface area contributed by atoms with Gasteiger partial charge in [-0.1, -0.05) is 24.3 Å². The fraction of sp³-hybridized carbons (Fsp3) is 0.412. The molecule has 4 heterocycles. The van der Waals surface area contributed by atoms with E-state index < -0.39 is 23.5 Å². The van der Waals surface area contributed by atoms with Crippen LogP contribution in [0.1, 0.15) is 35.1 Å². The number of nitrogens with zero attached hydrogens (tertiary/aromatic N) is 6. The van der Waals surface area contributed by atoms with Gasteiger partial charge in [-0.15, -0.1) is 47.5 Å². The van der Waals surface area contributed by atoms with Crippen LogP contribution in [0.5, 0.6) is 0 Å². The van der Waals surface area contributed by atoms with Gasteiger partial charge in [0.15, 0.2) is 10.3 Å². The van der Waals surface area contributed by atoms with E-state index in [0.717, 1.165) is 71.8 Å². The quantitative estimate of drug-likeness (QED) is 0.170. The monoisotopic (exact) mass is 810 g/mol. The molecule has 0 N–H and O–H groups in total. The SMILES string of the molecule is Cl.Cl.O=C(CCc1ccc(C(F)(F)F)cc1)N1CCN(c2nccs2)CC1.O=C(CCc1ccc(C(F)(F)F)cc1)N1CCN(c2nccs2)CC1. The van der Waals surface area contributed by atoms with E-state index in [2.05, 4.69) is 19.8 Å². The topological polar surface area (TPSA) is 72.9 Å². The summed E-state index contributed by atoms with van der Waals surface area (Å²) in [5.74, 6) is 0.0809. The smallest absolute Gasteiger partial charge is 0.345 e. The average molecular weight is 812 g/mol. The summed E-state index contributed by atoms with van der Waals surface area (Å²) in [7, 11) is 0. The summed E-state index contributed by atoms with van der Waals surface area (Å²) in [5.41, 5.74) is 0.146. The molecule has 0 bridgehead atoms. The molecule has 0 unspecified atom stereocenters. The van der Waals surface area contributed by atoms with E-state index in [0.29, 0.717) is 51.9 Å². The summed E-state index contributed by atoms with van der Waals surface area (Å²) in [6.07, 6.45) is -3.61. The Morgan fingerprint density at radius 2 is 0.885 bits per heavy atom. The molecular formula is C34H38Cl2F6N6O2S2. The van der Waals surface area contributed by atoms with Gasteiger partial charge >= 0.3 is 12.4 Å². The van der Waals surface area contributed by atoms with Crippen LogP contribution in [-0.4, -0.2) is 83.9 Å². The van der Waals surface area contributed by atoms with Crippen LogP contribution in [0.3, 0.4) is 0 Å². The predicted octanol–water partition coefficient (Wildman–Crippen LogP) is 7.73. The zero-order valence-electron chi connectivity index (χ0n) is 27.8. The number of benzene rings is 2. The molecule has 0 aliphatic carbocycles. The van der Waals surface area contributed by atoms with Gasteiger partial charge in [-0.05, 0) is 48.2 Å². The first kappa shape index (κ1) is 42.8. The number of carbonyl (C=O) groups is 2. The van der Waals surface area contributed by atoms with Crippen LogP contribution in [-0.2, 0) is 34.8 Å². The van der Waals surface area contributed by atoms with Crippen LogP contribution >= 0.6 is 47.5 Å². The molecular weight excluding hydrogens is 773 g/mol. The zero-order chi connectivity index (χ0) is 35.7. The third-order valence-electron chi connectivity index (χ3n) is 8.46. The molecule has 2 amide bonds. The number of thiazole rings is 2. The second-order valence-electron chi connectivity index (χ2n) is 11.8. The Kier molecular flexibility index (Phi) is 16.0. The van der Waals surface area contributed by atoms with E-state index in [1.54, 1.807) is 35.1 Å². The number of hydrogen-bond acceptors (Lipinski definition) is 8. The van der Waals surface area contributed by atoms with Crippen LogP contribution in [0, 0.1) is 0 Å². The van der Waals surface area contributed by atoms with Gasteiger partial charge in [-0.25, -0.2) is 9.97 Å². The third-order valence-corrected chi connectivity index (χ3v) is 10.1. The van der Waals surface area contributed by atoms with Crippen molar-refractivity contribution in [3.05, 3.63) is 93.9 Å². The van der Waals surface area contributed by atoms with Gasteiger partial charge in [0.1, 0.15) is 0 Å². The summed E-state index contributed by atoms with van der Waals surface area (Å²) in [4.78, 5) is 41.1. The van der Waals surface area contributed by atoms with Crippen molar-refractivity contribution in [3.63, 3.8) is 0 Å². The van der Waals surface area contributed by atoms with Gasteiger partial charge in [-0.3, -0.25) is 9.59 Å². The number of amides is 2. The van der Waals surface area contributed by atoms with Gasteiger partial charge in [0.25, 0.3) is 0 Å². The van der Waals surface area contributed by atoms with Crippen LogP contribution < -0.4 is 9.80 Å². The maximum absolute atomic E-state index is 12.5. The first-order valence-corrected chi connectivity index (χ1v) is 17.8. The van der Waals surface area contributed by atoms with Crippen molar-refractivity contribution in [3.8, 4) is 0 Å². The lowest BCUT2D eigenvalue weighted by Crippen LogP contribution is -2.48. The summed E-state index contributed by atoms with van der Waals surface area (Å²) in [6.45, 7) is 5.58. The Hall–Kier alpha value is -3.60. The van der Waals surface area contributed by atoms with Crippen molar-refractivity contribution in [2.45, 2.75) is 38.0 Å². The Morgan fingerprint density at radius 1 is 0.558 bits per heavy atom. The molecule has 2 aliphatic heterocycles. The standard InChI is InChI=1S/2C17H18F3N3OS.2ClH/c2*18-17(19,20)14-4-1-13(2-5-14)3-6-15(24)22-8-10-23(11-9-22)16-21-7-12-25-16;;/h2*1-2,4-5,7,12H,3,6,8-11H2;2*1H. The lowest BCUT2D eigenvalue weighted by Gasteiger charge is -2.34. The van der Waals surface area contributed by atoms with Crippen molar-refractivity contribution in [2.24, 2.45) is 0 Å². The maximum Gasteiger partial charge on any atom is 0.416 e. The molecule has 2 fully saturated rings. The maximum atomic E-state index is 12.5. The zero-order valence-corrected chi connectivity index (χ0v) is 31.1. The molecule has 0 saturated carbocycles. The van der Waals surface area contributed by atoms with E-state index in [-0.39, 0.29) is 36.6 Å². The Morgan fingerprint density at radius 3 is 1.15 bits per heavy atom. The Bertz CT molecular complexity index is 1520. The van der Waals surface area contributed by atoms with Crippen molar-refractivity contribution in [1.82, 2.24) is 19.8 Å². The lowest BCUT2D eigenvalue weighted by molar-refractivity contribution is -0.138. The van der Waals surface area contributed by atoms with Gasteiger partial charge in [0, 0.05) is 88.4 Å². The fourth-order valence-electron chi connectivity index (χ4n) is 5.58. The molecule has 0 radical (unpaired) electrons. The lowest BCUT2D eigenvalue weighted by atomic mass is 10.1. The molecule has 2 aliphatic rings. The highest BCUT2D eigenvalue weighted by Crippen LogP contribution is 2.30. The van der Waals surface area contributed by atoms with Crippen LogP contribution in [0.2, 0.25) is 0 Å². The number of piperazine rings is 2. The molecule has 4 aromatic rings. The van der Waals surface area contributed by atoms with E-state index in [1.165, 1.54) is 24.3 Å². The summed E-state index contributed by atoms with van der Waals surface area (Å²) >= 11 is 3.16. The minimum atomic E-state index is -4.33. The first-order chi connectivity index (χ1) is 23.9. The minimum Gasteiger partial charge on any atom is -0.345 e. The molecule has 2 saturated heterocycles. The number of hydrogen-bond donors (Lipinski definition) is 0. The first-order valence-electron chi connectivity index (χ1n) is 16.0. The van der Waals surface area contributed by atoms with Gasteiger partial charge in [-0.2, -0.15) is 26.3 Å². The fourth-order valence-corrected chi connectivity index (χ4v) is 6.97. The van der Waals surface area contributed by atoms with Crippen LogP contribution in [0.15, 0.2) is 71.7 Å². The number of aromatic nitrogens is 2. The molecule has 284 valence electrons. The van der Waals surface area contributed by atoms with E-state index >= 15 is 0 Å². The summed E-state index contributed by atoms with van der Waals surface area (Å²) in [5, 5.41) is 5.79. The van der Waals surface area contributed by atoms with Gasteiger partial charge in [0.05, 0.1) is 11.1 Å². The molecule has 0 atom stereocenters. The second kappa shape index (κ2) is 19.5. The molecule has 2 aromatic heterocycles. The highest BCUT2D eigenvalue weighted by atomic mass is 35.5. The predicted molar refractivity (Wildman–Crippen MR) is 196 cm³/mol. The molecule has 18 heteroatoms. The molecule has 8 nitrogen and oxygen atoms in total. The highest BCUT2D eigenvalue weighted by molar-refractivity contribution is 7.13. The van der Waals surface area contributed by atoms with Crippen molar-refractivity contribution in [1.29, 1.82) is 0 Å². The number of alkyl halides is 6. The number of aryl methyl sites for hydroxylation is 2. The molecule has 52 heavy (non-hydrogen) atoms. The van der Waals surface area contributed by atoms with Gasteiger partial charge in [0.2, 0.25) is 11.8 Å². The summed E-state index contributed by atoms with van der Waals surface area (Å²) in [6, 6.07) is 10.0. The Balaban J connectivity index is 0.000000270. The van der Waals surface area contributed by atoms with E-state index in [4.69, 9.17) is 0 Å². The summed E-state index contributed by atoms with van der Waals surface area (Å²) < 4.78 is 75.2. The second-order valence-corrected chi connectivity index (χ2v) is 13.5. The number of carbonyl (C=O) groups excluding carboxylic acids is 2. The van der Waals surface area contributed by atoms with Crippen LogP contribution in [0.4, 0.5) is 36.6 Å². The van der Waals surface area contributed by atoms with Crippen molar-refractivity contribution < 1.29 is 35.9 Å². The number of halogens is 8. The number of anilines is 2. The molecule has 6 rings (SSSR count). The molecule has 0 spiro atoms. The van der Waals surface area contributed by atoms with E-state index in [1.807, 2.05) is 20.6 Å². The van der Waals surface area contributed by atoms with E-state index in [9.17, 15) is 35.9 Å².